The largest absolute Gasteiger partial charge is 0.357 e. The van der Waals surface area contributed by atoms with Crippen LogP contribution in [0.4, 0.5) is 0 Å². The molecule has 3 N–H and O–H groups in total. The number of nitrogens with zero attached hydrogens (tertiary/aromatic N) is 1. The number of hydrogen-bond acceptors (Lipinski definition) is 2. The van der Waals surface area contributed by atoms with Gasteiger partial charge in [-0.15, -0.1) is 0 Å². The molecule has 0 aromatic heterocycles. The Morgan fingerprint density at radius 1 is 1.22 bits per heavy atom. The van der Waals surface area contributed by atoms with Crippen molar-refractivity contribution in [2.45, 2.75) is 53.6 Å². The quantitative estimate of drug-likeness (QED) is 0.534. The number of guanidine groups is 1. The Bertz CT molecular complexity index is 538. The number of amides is 1. The van der Waals surface area contributed by atoms with Gasteiger partial charge in [-0.25, -0.2) is 4.99 Å². The Morgan fingerprint density at radius 2 is 1.96 bits per heavy atom. The van der Waals surface area contributed by atoms with Crippen LogP contribution in [-0.4, -0.2) is 31.0 Å². The molecule has 23 heavy (non-hydrogen) atoms. The van der Waals surface area contributed by atoms with Crippen molar-refractivity contribution in [2.75, 3.05) is 13.1 Å². The molecule has 0 aliphatic rings. The molecule has 0 bridgehead atoms. The van der Waals surface area contributed by atoms with Crippen LogP contribution in [0.15, 0.2) is 23.2 Å². The SMILES string of the molecule is CCNC(=NCc1ccc(C)cc1C)NCCC(=O)NC(C)C. The maximum atomic E-state index is 11.6. The summed E-state index contributed by atoms with van der Waals surface area (Å²) in [5.41, 5.74) is 3.72. The van der Waals surface area contributed by atoms with Crippen molar-refractivity contribution in [1.82, 2.24) is 16.0 Å². The predicted octanol–water partition coefficient (Wildman–Crippen LogP) is 2.27. The molecule has 0 fully saturated rings. The Labute approximate surface area is 140 Å². The highest BCUT2D eigenvalue weighted by atomic mass is 16.1. The lowest BCUT2D eigenvalue weighted by molar-refractivity contribution is -0.121. The third-order valence-corrected chi connectivity index (χ3v) is 3.34. The first kappa shape index (κ1) is 19.0. The summed E-state index contributed by atoms with van der Waals surface area (Å²) in [6, 6.07) is 6.57. The van der Waals surface area contributed by atoms with Gasteiger partial charge in [-0.05, 0) is 45.7 Å². The average Bonchev–Trinajstić information content (AvgIpc) is 2.45. The van der Waals surface area contributed by atoms with Crippen LogP contribution in [0.3, 0.4) is 0 Å². The van der Waals surface area contributed by atoms with Crippen molar-refractivity contribution in [3.05, 3.63) is 34.9 Å². The van der Waals surface area contributed by atoms with Gasteiger partial charge in [-0.1, -0.05) is 23.8 Å². The number of carbonyl (C=O) groups is 1. The molecular weight excluding hydrogens is 288 g/mol. The topological polar surface area (TPSA) is 65.5 Å². The van der Waals surface area contributed by atoms with E-state index in [-0.39, 0.29) is 11.9 Å². The van der Waals surface area contributed by atoms with Crippen molar-refractivity contribution in [2.24, 2.45) is 4.99 Å². The summed E-state index contributed by atoms with van der Waals surface area (Å²) in [6.07, 6.45) is 0.437. The number of nitrogens with one attached hydrogen (secondary N) is 3. The molecule has 0 aliphatic heterocycles. The molecule has 5 nitrogen and oxygen atoms in total. The molecule has 0 unspecified atom stereocenters. The fourth-order valence-electron chi connectivity index (χ4n) is 2.22. The highest BCUT2D eigenvalue weighted by Crippen LogP contribution is 2.11. The van der Waals surface area contributed by atoms with E-state index in [2.05, 4.69) is 53.0 Å². The van der Waals surface area contributed by atoms with Crippen molar-refractivity contribution in [3.8, 4) is 0 Å². The smallest absolute Gasteiger partial charge is 0.221 e. The first-order valence-electron chi connectivity index (χ1n) is 8.30. The second kappa shape index (κ2) is 9.87. The highest BCUT2D eigenvalue weighted by molar-refractivity contribution is 5.81. The molecule has 1 amide bonds. The number of aryl methyl sites for hydroxylation is 2. The third kappa shape index (κ3) is 7.68. The van der Waals surface area contributed by atoms with Crippen molar-refractivity contribution in [3.63, 3.8) is 0 Å². The van der Waals surface area contributed by atoms with Crippen molar-refractivity contribution in [1.29, 1.82) is 0 Å². The Balaban J connectivity index is 2.54. The van der Waals surface area contributed by atoms with Crippen LogP contribution in [0.25, 0.3) is 0 Å². The van der Waals surface area contributed by atoms with E-state index in [4.69, 9.17) is 0 Å². The van der Waals surface area contributed by atoms with Gasteiger partial charge >= 0.3 is 0 Å². The molecule has 1 rings (SSSR count). The van der Waals surface area contributed by atoms with Crippen LogP contribution < -0.4 is 16.0 Å². The summed E-state index contributed by atoms with van der Waals surface area (Å²) in [4.78, 5) is 16.2. The van der Waals surface area contributed by atoms with Gasteiger partial charge in [0.25, 0.3) is 0 Å². The first-order valence-corrected chi connectivity index (χ1v) is 8.30. The molecule has 5 heteroatoms. The van der Waals surface area contributed by atoms with Gasteiger partial charge in [0.2, 0.25) is 5.91 Å². The summed E-state index contributed by atoms with van der Waals surface area (Å²) >= 11 is 0. The zero-order valence-corrected chi connectivity index (χ0v) is 15.0. The molecule has 0 spiro atoms. The summed E-state index contributed by atoms with van der Waals surface area (Å²) in [6.45, 7) is 12.1. The molecule has 0 saturated heterocycles. The summed E-state index contributed by atoms with van der Waals surface area (Å²) in [5.74, 6) is 0.794. The normalized spacial score (nSPS) is 11.5. The molecule has 0 heterocycles. The van der Waals surface area contributed by atoms with Gasteiger partial charge in [-0.3, -0.25) is 4.79 Å². The van der Waals surface area contributed by atoms with Crippen LogP contribution >= 0.6 is 0 Å². The number of rotatable bonds is 7. The highest BCUT2D eigenvalue weighted by Gasteiger charge is 2.04. The van der Waals surface area contributed by atoms with E-state index in [0.717, 1.165) is 12.5 Å². The predicted molar refractivity (Wildman–Crippen MR) is 96.6 cm³/mol. The monoisotopic (exact) mass is 318 g/mol. The van der Waals surface area contributed by atoms with E-state index in [9.17, 15) is 4.79 Å². The van der Waals surface area contributed by atoms with Gasteiger partial charge in [-0.2, -0.15) is 0 Å². The molecule has 0 atom stereocenters. The summed E-state index contributed by atoms with van der Waals surface area (Å²) in [7, 11) is 0. The number of aliphatic imine (C=N–C) groups is 1. The third-order valence-electron chi connectivity index (χ3n) is 3.34. The van der Waals surface area contributed by atoms with E-state index in [1.165, 1.54) is 16.7 Å². The molecule has 0 aliphatic carbocycles. The van der Waals surface area contributed by atoms with Crippen LogP contribution in [0.1, 0.15) is 43.9 Å². The maximum absolute atomic E-state index is 11.6. The van der Waals surface area contributed by atoms with Crippen LogP contribution in [0, 0.1) is 13.8 Å². The van der Waals surface area contributed by atoms with Crippen LogP contribution in [0.5, 0.6) is 0 Å². The molecule has 0 radical (unpaired) electrons. The summed E-state index contributed by atoms with van der Waals surface area (Å²) < 4.78 is 0. The second-order valence-electron chi connectivity index (χ2n) is 6.02. The van der Waals surface area contributed by atoms with Gasteiger partial charge in [0.15, 0.2) is 5.96 Å². The van der Waals surface area contributed by atoms with Gasteiger partial charge in [0, 0.05) is 25.6 Å². The molecular formula is C18H30N4O. The standard InChI is InChI=1S/C18H30N4O/c1-6-19-18(20-10-9-17(23)22-13(2)3)21-12-16-8-7-14(4)11-15(16)5/h7-8,11,13H,6,9-10,12H2,1-5H3,(H,22,23)(H2,19,20,21). The van der Waals surface area contributed by atoms with E-state index in [1.807, 2.05) is 20.8 Å². The lowest BCUT2D eigenvalue weighted by atomic mass is 10.1. The Kier molecular flexibility index (Phi) is 8.16. The van der Waals surface area contributed by atoms with Crippen molar-refractivity contribution < 1.29 is 4.79 Å². The lowest BCUT2D eigenvalue weighted by Gasteiger charge is -2.13. The van der Waals surface area contributed by atoms with E-state index in [0.29, 0.717) is 19.5 Å². The first-order chi connectivity index (χ1) is 10.9. The van der Waals surface area contributed by atoms with Crippen LogP contribution in [0.2, 0.25) is 0 Å². The lowest BCUT2D eigenvalue weighted by Crippen LogP contribution is -2.40. The molecule has 1 aromatic carbocycles. The Morgan fingerprint density at radius 3 is 2.57 bits per heavy atom. The minimum absolute atomic E-state index is 0.0535. The molecule has 128 valence electrons. The van der Waals surface area contributed by atoms with E-state index >= 15 is 0 Å². The zero-order valence-electron chi connectivity index (χ0n) is 15.0. The minimum atomic E-state index is 0.0535. The van der Waals surface area contributed by atoms with Crippen LogP contribution in [-0.2, 0) is 11.3 Å². The number of benzene rings is 1. The number of carbonyl (C=O) groups excluding carboxylic acids is 1. The van der Waals surface area contributed by atoms with E-state index in [1.54, 1.807) is 0 Å². The van der Waals surface area contributed by atoms with Gasteiger partial charge in [0.05, 0.1) is 6.54 Å². The second-order valence-corrected chi connectivity index (χ2v) is 6.02. The number of hydrogen-bond donors (Lipinski definition) is 3. The zero-order chi connectivity index (χ0) is 17.2. The molecule has 1 aromatic rings. The molecule has 0 saturated carbocycles. The maximum Gasteiger partial charge on any atom is 0.221 e. The average molecular weight is 318 g/mol. The minimum Gasteiger partial charge on any atom is -0.357 e. The van der Waals surface area contributed by atoms with Gasteiger partial charge < -0.3 is 16.0 Å². The fourth-order valence-corrected chi connectivity index (χ4v) is 2.22. The summed E-state index contributed by atoms with van der Waals surface area (Å²) in [5, 5.41) is 9.29. The Hall–Kier alpha value is -2.04. The van der Waals surface area contributed by atoms with E-state index < -0.39 is 0 Å². The fraction of sp³-hybridized carbons (Fsp3) is 0.556. The van der Waals surface area contributed by atoms with Crippen molar-refractivity contribution >= 4 is 11.9 Å². The van der Waals surface area contributed by atoms with Gasteiger partial charge in [0.1, 0.15) is 0 Å².